The Labute approximate surface area is 134 Å². The lowest BCUT2D eigenvalue weighted by Gasteiger charge is -2.07. The van der Waals surface area contributed by atoms with Gasteiger partial charge in [0.15, 0.2) is 35.6 Å². The van der Waals surface area contributed by atoms with E-state index in [1.54, 1.807) is 30.3 Å². The van der Waals surface area contributed by atoms with Crippen LogP contribution in [0.4, 0.5) is 0 Å². The molecule has 0 bridgehead atoms. The predicted molar refractivity (Wildman–Crippen MR) is 85.0 cm³/mol. The number of hydrogen-bond acceptors (Lipinski definition) is 6. The third-order valence-electron chi connectivity index (χ3n) is 2.92. The molecule has 0 amide bonds. The van der Waals surface area contributed by atoms with E-state index in [2.05, 4.69) is 0 Å². The number of hydrogen-bond donors (Lipinski definition) is 1. The van der Waals surface area contributed by atoms with Gasteiger partial charge in [0.25, 0.3) is 0 Å². The summed E-state index contributed by atoms with van der Waals surface area (Å²) in [5, 5.41) is 9.14. The number of ether oxygens (including phenoxy) is 3. The fraction of sp³-hybridized carbons (Fsp3) is 0.176. The number of para-hydroxylation sites is 2. The number of phenols is 1. The molecule has 0 atom stereocenters. The number of methoxy groups -OCH3 is 3. The molecule has 6 nitrogen and oxygen atoms in total. The van der Waals surface area contributed by atoms with Gasteiger partial charge in [-0.2, -0.15) is 0 Å². The maximum absolute atomic E-state index is 10.5. The molecule has 2 aromatic carbocycles. The van der Waals surface area contributed by atoms with Crippen molar-refractivity contribution in [3.8, 4) is 23.0 Å². The van der Waals surface area contributed by atoms with Crippen LogP contribution in [0, 0.1) is 0 Å². The number of rotatable bonds is 5. The van der Waals surface area contributed by atoms with Crippen molar-refractivity contribution in [3.05, 3.63) is 47.5 Å². The summed E-state index contributed by atoms with van der Waals surface area (Å²) in [6.07, 6.45) is 1.37. The van der Waals surface area contributed by atoms with Gasteiger partial charge in [-0.3, -0.25) is 9.59 Å². The maximum Gasteiger partial charge on any atom is 0.171 e. The van der Waals surface area contributed by atoms with E-state index in [1.807, 2.05) is 0 Å². The minimum absolute atomic E-state index is 0.0166. The number of aromatic hydroxyl groups is 1. The third-order valence-corrected chi connectivity index (χ3v) is 2.92. The van der Waals surface area contributed by atoms with Crippen LogP contribution in [0.3, 0.4) is 0 Å². The summed E-state index contributed by atoms with van der Waals surface area (Å²) in [5.74, 6) is 1.26. The van der Waals surface area contributed by atoms with Crippen LogP contribution in [0.25, 0.3) is 0 Å². The van der Waals surface area contributed by atoms with Crippen LogP contribution in [0.2, 0.25) is 0 Å². The van der Waals surface area contributed by atoms with Gasteiger partial charge in [0.1, 0.15) is 0 Å². The second kappa shape index (κ2) is 9.09. The maximum atomic E-state index is 10.5. The summed E-state index contributed by atoms with van der Waals surface area (Å²) in [6.45, 7) is 0. The minimum Gasteiger partial charge on any atom is -0.504 e. The van der Waals surface area contributed by atoms with E-state index in [0.717, 1.165) is 6.29 Å². The molecule has 0 aliphatic carbocycles. The first-order valence-electron chi connectivity index (χ1n) is 6.60. The van der Waals surface area contributed by atoms with Crippen LogP contribution in [-0.2, 0) is 0 Å². The molecule has 0 saturated heterocycles. The van der Waals surface area contributed by atoms with Crippen molar-refractivity contribution in [2.45, 2.75) is 0 Å². The van der Waals surface area contributed by atoms with Gasteiger partial charge >= 0.3 is 0 Å². The molecule has 0 aromatic heterocycles. The average Bonchev–Trinajstić information content (AvgIpc) is 2.60. The molecular formula is C17H18O6. The van der Waals surface area contributed by atoms with Crippen molar-refractivity contribution in [2.24, 2.45) is 0 Å². The summed E-state index contributed by atoms with van der Waals surface area (Å²) >= 11 is 0. The first-order chi connectivity index (χ1) is 11.1. The number of phenolic OH excluding ortho intramolecular Hbond substituents is 1. The average molecular weight is 318 g/mol. The van der Waals surface area contributed by atoms with Crippen molar-refractivity contribution in [2.75, 3.05) is 21.3 Å². The summed E-state index contributed by atoms with van der Waals surface area (Å²) in [6, 6.07) is 9.78. The Balaban J connectivity index is 0.000000231. The van der Waals surface area contributed by atoms with E-state index in [9.17, 15) is 9.59 Å². The molecule has 0 radical (unpaired) electrons. The van der Waals surface area contributed by atoms with Gasteiger partial charge in [0.2, 0.25) is 0 Å². The highest BCUT2D eigenvalue weighted by molar-refractivity contribution is 5.81. The Kier molecular flexibility index (Phi) is 7.13. The zero-order valence-electron chi connectivity index (χ0n) is 13.1. The van der Waals surface area contributed by atoms with Gasteiger partial charge in [-0.25, -0.2) is 0 Å². The van der Waals surface area contributed by atoms with Gasteiger partial charge in [-0.1, -0.05) is 12.1 Å². The highest BCUT2D eigenvalue weighted by atomic mass is 16.5. The Morgan fingerprint density at radius 3 is 1.74 bits per heavy atom. The van der Waals surface area contributed by atoms with E-state index < -0.39 is 0 Å². The monoisotopic (exact) mass is 318 g/mol. The molecule has 122 valence electrons. The molecule has 6 heteroatoms. The normalized spacial score (nSPS) is 9.17. The Hall–Kier alpha value is -3.02. The third kappa shape index (κ3) is 4.47. The van der Waals surface area contributed by atoms with Gasteiger partial charge in [0, 0.05) is 0 Å². The Morgan fingerprint density at radius 1 is 0.783 bits per heavy atom. The van der Waals surface area contributed by atoms with Crippen LogP contribution in [0.5, 0.6) is 23.0 Å². The first kappa shape index (κ1) is 18.0. The number of carbonyl (C=O) groups excluding carboxylic acids is 2. The van der Waals surface area contributed by atoms with Gasteiger partial charge in [-0.15, -0.1) is 0 Å². The van der Waals surface area contributed by atoms with Crippen LogP contribution < -0.4 is 14.2 Å². The lowest BCUT2D eigenvalue weighted by Crippen LogP contribution is -1.94. The van der Waals surface area contributed by atoms with Crippen LogP contribution >= 0.6 is 0 Å². The molecule has 0 aliphatic heterocycles. The first-order valence-corrected chi connectivity index (χ1v) is 6.60. The second-order valence-corrected chi connectivity index (χ2v) is 4.22. The van der Waals surface area contributed by atoms with Crippen LogP contribution in [-0.4, -0.2) is 39.0 Å². The summed E-state index contributed by atoms with van der Waals surface area (Å²) in [5.41, 5.74) is 0.851. The number of carbonyl (C=O) groups is 2. The Bertz CT molecular complexity index is 666. The second-order valence-electron chi connectivity index (χ2n) is 4.22. The summed E-state index contributed by atoms with van der Waals surface area (Å²) in [7, 11) is 4.44. The highest BCUT2D eigenvalue weighted by Gasteiger charge is 2.07. The summed E-state index contributed by atoms with van der Waals surface area (Å²) < 4.78 is 14.8. The molecule has 1 N–H and O–H groups in total. The highest BCUT2D eigenvalue weighted by Crippen LogP contribution is 2.29. The smallest absolute Gasteiger partial charge is 0.171 e. The van der Waals surface area contributed by atoms with E-state index >= 15 is 0 Å². The molecule has 2 rings (SSSR count). The molecule has 0 spiro atoms. The molecule has 0 aliphatic rings. The molecule has 0 saturated carbocycles. The molecular weight excluding hydrogens is 300 g/mol. The minimum atomic E-state index is -0.0166. The SMILES string of the molecule is COc1c(O)cccc1C=O.COc1cccc(C=O)c1OC. The van der Waals surface area contributed by atoms with Crippen molar-refractivity contribution >= 4 is 12.6 Å². The number of aldehydes is 2. The quantitative estimate of drug-likeness (QED) is 0.854. The molecule has 23 heavy (non-hydrogen) atoms. The van der Waals surface area contributed by atoms with Crippen molar-refractivity contribution < 1.29 is 28.9 Å². The van der Waals surface area contributed by atoms with Crippen molar-refractivity contribution in [1.29, 1.82) is 0 Å². The van der Waals surface area contributed by atoms with E-state index in [0.29, 0.717) is 28.9 Å². The van der Waals surface area contributed by atoms with Gasteiger partial charge < -0.3 is 19.3 Å². The van der Waals surface area contributed by atoms with Crippen molar-refractivity contribution in [3.63, 3.8) is 0 Å². The predicted octanol–water partition coefficient (Wildman–Crippen LogP) is 2.73. The summed E-state index contributed by atoms with van der Waals surface area (Å²) in [4.78, 5) is 20.9. The zero-order valence-corrected chi connectivity index (χ0v) is 13.1. The fourth-order valence-electron chi connectivity index (χ4n) is 1.86. The molecule has 0 fully saturated rings. The fourth-order valence-corrected chi connectivity index (χ4v) is 1.86. The lowest BCUT2D eigenvalue weighted by molar-refractivity contribution is 0.111. The largest absolute Gasteiger partial charge is 0.504 e. The lowest BCUT2D eigenvalue weighted by atomic mass is 10.2. The van der Waals surface area contributed by atoms with E-state index in [1.165, 1.54) is 27.4 Å². The van der Waals surface area contributed by atoms with E-state index in [-0.39, 0.29) is 11.5 Å². The van der Waals surface area contributed by atoms with Gasteiger partial charge in [-0.05, 0) is 24.3 Å². The van der Waals surface area contributed by atoms with Crippen LogP contribution in [0.1, 0.15) is 20.7 Å². The zero-order chi connectivity index (χ0) is 17.2. The topological polar surface area (TPSA) is 82.1 Å². The molecule has 0 heterocycles. The van der Waals surface area contributed by atoms with Gasteiger partial charge in [0.05, 0.1) is 32.5 Å². The molecule has 2 aromatic rings. The number of benzene rings is 2. The van der Waals surface area contributed by atoms with Crippen molar-refractivity contribution in [1.82, 2.24) is 0 Å². The van der Waals surface area contributed by atoms with Crippen LogP contribution in [0.15, 0.2) is 36.4 Å². The molecule has 0 unspecified atom stereocenters. The standard InChI is InChI=1S/C9H10O3.C8H8O3/c1-11-8-5-3-4-7(6-10)9(8)12-2;1-11-8-6(5-9)3-2-4-7(8)10/h3-6H,1-2H3;2-5,10H,1H3. The Morgan fingerprint density at radius 2 is 1.30 bits per heavy atom. The van der Waals surface area contributed by atoms with E-state index in [4.69, 9.17) is 19.3 Å².